The van der Waals surface area contributed by atoms with E-state index in [1.54, 1.807) is 6.07 Å². The number of hydrogen-bond donors (Lipinski definition) is 0. The number of halogens is 4. The van der Waals surface area contributed by atoms with Crippen molar-refractivity contribution in [3.8, 4) is 0 Å². The van der Waals surface area contributed by atoms with Crippen LogP contribution in [-0.2, 0) is 0 Å². The van der Waals surface area contributed by atoms with E-state index in [1.807, 2.05) is 45.2 Å². The molecule has 0 bridgehead atoms. The van der Waals surface area contributed by atoms with E-state index in [0.29, 0.717) is 8.59 Å². The van der Waals surface area contributed by atoms with Crippen molar-refractivity contribution in [2.75, 3.05) is 0 Å². The molecule has 0 atom stereocenters. The second-order valence-electron chi connectivity index (χ2n) is 1.66. The first-order chi connectivity index (χ1) is 4.63. The monoisotopic (exact) mass is 382 g/mol. The Balaban J connectivity index is 3.34. The van der Waals surface area contributed by atoms with Gasteiger partial charge in [-0.3, -0.25) is 0 Å². The van der Waals surface area contributed by atoms with Gasteiger partial charge < -0.3 is 0 Å². The molecule has 4 heteroatoms. The molecule has 0 nitrogen and oxygen atoms in total. The Morgan fingerprint density at radius 3 is 2.30 bits per heavy atom. The molecule has 0 saturated heterocycles. The molecule has 0 radical (unpaired) electrons. The average Bonchev–Trinajstić information content (AvgIpc) is 1.93. The Bertz CT molecular complexity index is 235. The van der Waals surface area contributed by atoms with Crippen molar-refractivity contribution in [2.24, 2.45) is 0 Å². The van der Waals surface area contributed by atoms with Gasteiger partial charge in [0.2, 0.25) is 0 Å². The maximum Gasteiger partial charge on any atom is 0.137 e. The predicted octanol–water partition coefficient (Wildman–Crippen LogP) is 3.69. The smallest absolute Gasteiger partial charge is 0.137 e. The summed E-state index contributed by atoms with van der Waals surface area (Å²) in [6, 6.07) is 2.92. The van der Waals surface area contributed by atoms with Crippen LogP contribution in [0.15, 0.2) is 12.1 Å². The summed E-state index contributed by atoms with van der Waals surface area (Å²) in [7, 11) is 0. The topological polar surface area (TPSA) is 0 Å². The lowest BCUT2D eigenvalue weighted by atomic mass is 10.3. The lowest BCUT2D eigenvalue weighted by molar-refractivity contribution is 0.619. The number of rotatable bonds is 0. The van der Waals surface area contributed by atoms with Gasteiger partial charge in [-0.15, -0.1) is 0 Å². The third kappa shape index (κ3) is 1.73. The SMILES string of the molecule is Fc1ccc(Cl)c(I)c1I. The summed E-state index contributed by atoms with van der Waals surface area (Å²) in [6.07, 6.45) is 0. The summed E-state index contributed by atoms with van der Waals surface area (Å²) < 4.78 is 14.1. The molecule has 0 amide bonds. The predicted molar refractivity (Wildman–Crippen MR) is 56.8 cm³/mol. The highest BCUT2D eigenvalue weighted by Crippen LogP contribution is 2.25. The molecule has 0 aliphatic rings. The Morgan fingerprint density at radius 1 is 1.20 bits per heavy atom. The molecule has 54 valence electrons. The number of benzene rings is 1. The maximum absolute atomic E-state index is 12.7. The molecule has 0 fully saturated rings. The number of hydrogen-bond acceptors (Lipinski definition) is 0. The summed E-state index contributed by atoms with van der Waals surface area (Å²) in [4.78, 5) is 0. The molecule has 0 aliphatic carbocycles. The molecule has 0 saturated carbocycles. The zero-order valence-electron chi connectivity index (χ0n) is 4.67. The summed E-state index contributed by atoms with van der Waals surface area (Å²) in [5.41, 5.74) is 0. The van der Waals surface area contributed by atoms with Crippen molar-refractivity contribution >= 4 is 56.8 Å². The van der Waals surface area contributed by atoms with Crippen LogP contribution in [0.1, 0.15) is 0 Å². The van der Waals surface area contributed by atoms with Crippen molar-refractivity contribution in [3.05, 3.63) is 30.1 Å². The minimum Gasteiger partial charge on any atom is -0.206 e. The first-order valence-electron chi connectivity index (χ1n) is 2.42. The van der Waals surface area contributed by atoms with Gasteiger partial charge in [0.15, 0.2) is 0 Å². The summed E-state index contributed by atoms with van der Waals surface area (Å²) in [5, 5.41) is 0.603. The Kier molecular flexibility index (Phi) is 3.18. The van der Waals surface area contributed by atoms with Crippen molar-refractivity contribution in [1.82, 2.24) is 0 Å². The van der Waals surface area contributed by atoms with Crippen molar-refractivity contribution in [1.29, 1.82) is 0 Å². The van der Waals surface area contributed by atoms with Gasteiger partial charge in [-0.1, -0.05) is 11.6 Å². The van der Waals surface area contributed by atoms with Crippen LogP contribution in [0.2, 0.25) is 5.02 Å². The fourth-order valence-electron chi connectivity index (χ4n) is 0.502. The normalized spacial score (nSPS) is 10.0. The van der Waals surface area contributed by atoms with Crippen LogP contribution in [0.5, 0.6) is 0 Å². The van der Waals surface area contributed by atoms with Crippen molar-refractivity contribution in [3.63, 3.8) is 0 Å². The molecular weight excluding hydrogens is 380 g/mol. The summed E-state index contributed by atoms with van der Waals surface area (Å²) in [6.45, 7) is 0. The van der Waals surface area contributed by atoms with Crippen LogP contribution in [0, 0.1) is 13.0 Å². The van der Waals surface area contributed by atoms with E-state index in [1.165, 1.54) is 6.07 Å². The third-order valence-electron chi connectivity index (χ3n) is 0.988. The van der Waals surface area contributed by atoms with Gasteiger partial charge in [0, 0.05) is 3.57 Å². The molecule has 0 aromatic heterocycles. The molecule has 0 spiro atoms. The molecule has 1 rings (SSSR count). The molecule has 1 aromatic rings. The lowest BCUT2D eigenvalue weighted by Gasteiger charge is -1.98. The fourth-order valence-corrected chi connectivity index (χ4v) is 1.73. The van der Waals surface area contributed by atoms with Gasteiger partial charge in [-0.25, -0.2) is 4.39 Å². The summed E-state index contributed by atoms with van der Waals surface area (Å²) in [5.74, 6) is -0.214. The fraction of sp³-hybridized carbons (Fsp3) is 0. The van der Waals surface area contributed by atoms with Crippen molar-refractivity contribution < 1.29 is 4.39 Å². The zero-order chi connectivity index (χ0) is 7.72. The highest BCUT2D eigenvalue weighted by molar-refractivity contribution is 14.1. The second-order valence-corrected chi connectivity index (χ2v) is 4.22. The van der Waals surface area contributed by atoms with Gasteiger partial charge >= 0.3 is 0 Å². The van der Waals surface area contributed by atoms with Gasteiger partial charge in [0.1, 0.15) is 5.82 Å². The molecule has 0 heterocycles. The van der Waals surface area contributed by atoms with E-state index in [0.717, 1.165) is 3.57 Å². The quantitative estimate of drug-likeness (QED) is 0.365. The second kappa shape index (κ2) is 3.53. The van der Waals surface area contributed by atoms with E-state index in [4.69, 9.17) is 11.6 Å². The Hall–Kier alpha value is 0.900. The molecule has 0 aliphatic heterocycles. The molecule has 0 N–H and O–H groups in total. The van der Waals surface area contributed by atoms with Crippen molar-refractivity contribution in [2.45, 2.75) is 0 Å². The minimum atomic E-state index is -0.214. The van der Waals surface area contributed by atoms with E-state index in [-0.39, 0.29) is 5.82 Å². The van der Waals surface area contributed by atoms with E-state index < -0.39 is 0 Å². The first kappa shape index (κ1) is 8.99. The van der Waals surface area contributed by atoms with Gasteiger partial charge in [0.25, 0.3) is 0 Å². The Labute approximate surface area is 90.4 Å². The van der Waals surface area contributed by atoms with Crippen LogP contribution >= 0.6 is 56.8 Å². The van der Waals surface area contributed by atoms with Gasteiger partial charge in [0.05, 0.1) is 8.59 Å². The molecular formula is C6H2ClFI2. The Morgan fingerprint density at radius 2 is 1.80 bits per heavy atom. The van der Waals surface area contributed by atoms with E-state index in [2.05, 4.69) is 0 Å². The zero-order valence-corrected chi connectivity index (χ0v) is 9.74. The molecule has 0 unspecified atom stereocenters. The van der Waals surface area contributed by atoms with Crippen LogP contribution in [0.3, 0.4) is 0 Å². The van der Waals surface area contributed by atoms with Crippen LogP contribution < -0.4 is 0 Å². The maximum atomic E-state index is 12.7. The van der Waals surface area contributed by atoms with E-state index >= 15 is 0 Å². The van der Waals surface area contributed by atoms with Crippen LogP contribution in [0.25, 0.3) is 0 Å². The lowest BCUT2D eigenvalue weighted by Crippen LogP contribution is -1.86. The van der Waals surface area contributed by atoms with Gasteiger partial charge in [-0.2, -0.15) is 0 Å². The minimum absolute atomic E-state index is 0.214. The molecule has 10 heavy (non-hydrogen) atoms. The molecule has 1 aromatic carbocycles. The summed E-state index contributed by atoms with van der Waals surface area (Å²) >= 11 is 9.65. The van der Waals surface area contributed by atoms with Gasteiger partial charge in [-0.05, 0) is 57.3 Å². The highest BCUT2D eigenvalue weighted by atomic mass is 127. The largest absolute Gasteiger partial charge is 0.206 e. The first-order valence-corrected chi connectivity index (χ1v) is 4.95. The third-order valence-corrected chi connectivity index (χ3v) is 4.83. The highest BCUT2D eigenvalue weighted by Gasteiger charge is 2.05. The van der Waals surface area contributed by atoms with Crippen LogP contribution in [-0.4, -0.2) is 0 Å². The average molecular weight is 382 g/mol. The van der Waals surface area contributed by atoms with Crippen LogP contribution in [0.4, 0.5) is 4.39 Å². The standard InChI is InChI=1S/C6H2ClFI2/c7-3-1-2-4(8)6(10)5(3)9/h1-2H. The van der Waals surface area contributed by atoms with E-state index in [9.17, 15) is 4.39 Å².